The van der Waals surface area contributed by atoms with Gasteiger partial charge >= 0.3 is 0 Å². The van der Waals surface area contributed by atoms with Crippen LogP contribution in [0.25, 0.3) is 74.2 Å². The van der Waals surface area contributed by atoms with Crippen molar-refractivity contribution in [2.75, 3.05) is 0 Å². The minimum Gasteiger partial charge on any atom is -0.451 e. The molecule has 0 saturated carbocycles. The smallest absolute Gasteiger partial charge is 0.172 e. The first-order valence-corrected chi connectivity index (χ1v) is 13.4. The average molecular weight is 501 g/mol. The maximum Gasteiger partial charge on any atom is 0.172 e. The SMILES string of the molecule is c1ccc2c(c1)oc1c3sc4ccccc4n4c5ccccc5oc(c5sc6ccccc6n2c15)c34. The molecule has 0 N–H and O–H groups in total. The standard InChI is InChI=1S/C30H16N2O2S2/c1-5-13-21-17(9-1)31-19-11-3-7-15-23(19)35-29-25(31)27(33-21)30-26-28(29)34-22-14-6-2-10-18(22)32(26)20-12-4-8-16-24(20)36-30/h1-16H. The van der Waals surface area contributed by atoms with E-state index in [1.807, 2.05) is 12.1 Å². The summed E-state index contributed by atoms with van der Waals surface area (Å²) in [5, 5.41) is 0. The van der Waals surface area contributed by atoms with Gasteiger partial charge in [0.15, 0.2) is 22.3 Å². The molecule has 4 heterocycles. The zero-order valence-corrected chi connectivity index (χ0v) is 20.4. The molecule has 4 aromatic heterocycles. The predicted octanol–water partition coefficient (Wildman–Crippen LogP) is 9.54. The Morgan fingerprint density at radius 3 is 1.31 bits per heavy atom. The van der Waals surface area contributed by atoms with Crippen LogP contribution < -0.4 is 0 Å². The third-order valence-corrected chi connectivity index (χ3v) is 9.29. The summed E-state index contributed by atoms with van der Waals surface area (Å²) in [6.07, 6.45) is 0. The molecule has 9 rings (SSSR count). The van der Waals surface area contributed by atoms with Gasteiger partial charge < -0.3 is 17.6 Å². The fraction of sp³-hybridized carbons (Fsp3) is 0. The molecule has 0 spiro atoms. The second-order valence-corrected chi connectivity index (χ2v) is 11.1. The van der Waals surface area contributed by atoms with Crippen molar-refractivity contribution < 1.29 is 8.83 Å². The van der Waals surface area contributed by atoms with Crippen LogP contribution in [0.15, 0.2) is 106 Å². The van der Waals surface area contributed by atoms with Gasteiger partial charge in [-0.15, -0.1) is 22.7 Å². The van der Waals surface area contributed by atoms with Crippen LogP contribution in [0.3, 0.4) is 0 Å². The van der Waals surface area contributed by atoms with E-state index >= 15 is 0 Å². The third kappa shape index (κ3) is 2.28. The van der Waals surface area contributed by atoms with Gasteiger partial charge in [-0.3, -0.25) is 0 Å². The molecule has 5 aromatic carbocycles. The van der Waals surface area contributed by atoms with E-state index in [2.05, 4.69) is 93.7 Å². The summed E-state index contributed by atoms with van der Waals surface area (Å²) in [5.74, 6) is 0. The summed E-state index contributed by atoms with van der Waals surface area (Å²) >= 11 is 3.52. The van der Waals surface area contributed by atoms with E-state index in [9.17, 15) is 0 Å². The van der Waals surface area contributed by atoms with E-state index in [-0.39, 0.29) is 0 Å². The molecule has 0 aliphatic rings. The van der Waals surface area contributed by atoms with Gasteiger partial charge in [-0.1, -0.05) is 48.5 Å². The molecule has 0 saturated heterocycles. The lowest BCUT2D eigenvalue weighted by Crippen LogP contribution is -2.00. The summed E-state index contributed by atoms with van der Waals surface area (Å²) in [6, 6.07) is 33.7. The zero-order chi connectivity index (χ0) is 23.4. The number of hydrogen-bond acceptors (Lipinski definition) is 4. The van der Waals surface area contributed by atoms with E-state index in [1.54, 1.807) is 22.7 Å². The molecule has 0 atom stereocenters. The van der Waals surface area contributed by atoms with Gasteiger partial charge in [-0.05, 0) is 48.5 Å². The van der Waals surface area contributed by atoms with Crippen LogP contribution in [0.1, 0.15) is 0 Å². The predicted molar refractivity (Wildman–Crippen MR) is 151 cm³/mol. The van der Waals surface area contributed by atoms with Crippen molar-refractivity contribution >= 4 is 96.9 Å². The fourth-order valence-electron chi connectivity index (χ4n) is 5.52. The van der Waals surface area contributed by atoms with Crippen LogP contribution in [0.2, 0.25) is 0 Å². The Morgan fingerprint density at radius 2 is 0.833 bits per heavy atom. The molecule has 0 aliphatic carbocycles. The van der Waals surface area contributed by atoms with E-state index in [0.29, 0.717) is 0 Å². The van der Waals surface area contributed by atoms with Crippen molar-refractivity contribution in [3.05, 3.63) is 97.1 Å². The van der Waals surface area contributed by atoms with Gasteiger partial charge in [-0.2, -0.15) is 0 Å². The summed E-state index contributed by atoms with van der Waals surface area (Å²) in [5.41, 5.74) is 10.0. The molecule has 0 radical (unpaired) electrons. The van der Waals surface area contributed by atoms with Crippen molar-refractivity contribution in [3.63, 3.8) is 0 Å². The summed E-state index contributed by atoms with van der Waals surface area (Å²) in [6.45, 7) is 0. The minimum absolute atomic E-state index is 0.858. The van der Waals surface area contributed by atoms with Gasteiger partial charge in [0, 0.05) is 0 Å². The lowest BCUT2D eigenvalue weighted by Gasteiger charge is -2.19. The molecule has 170 valence electrons. The number of nitrogens with zero attached hydrogens (tertiary/aromatic N) is 2. The second-order valence-electron chi connectivity index (χ2n) is 8.96. The number of rotatable bonds is 0. The molecule has 0 fully saturated rings. The number of fused-ring (bicyclic) bond motifs is 10. The van der Waals surface area contributed by atoms with Crippen LogP contribution in [0.4, 0.5) is 0 Å². The highest BCUT2D eigenvalue weighted by Crippen LogP contribution is 2.46. The van der Waals surface area contributed by atoms with E-state index in [1.165, 1.54) is 9.40 Å². The Morgan fingerprint density at radius 1 is 0.444 bits per heavy atom. The summed E-state index contributed by atoms with van der Waals surface area (Å²) in [4.78, 5) is 0. The van der Waals surface area contributed by atoms with Crippen molar-refractivity contribution in [1.29, 1.82) is 0 Å². The molecule has 0 amide bonds. The van der Waals surface area contributed by atoms with E-state index < -0.39 is 0 Å². The van der Waals surface area contributed by atoms with Gasteiger partial charge in [-0.25, -0.2) is 0 Å². The molecule has 6 heteroatoms. The quantitative estimate of drug-likeness (QED) is 0.153. The van der Waals surface area contributed by atoms with Gasteiger partial charge in [0.25, 0.3) is 0 Å². The fourth-order valence-corrected chi connectivity index (χ4v) is 7.80. The maximum absolute atomic E-state index is 6.75. The third-order valence-electron chi connectivity index (χ3n) is 6.99. The molecule has 36 heavy (non-hydrogen) atoms. The highest BCUT2D eigenvalue weighted by atomic mass is 32.1. The van der Waals surface area contributed by atoms with Crippen molar-refractivity contribution in [3.8, 4) is 0 Å². The molecule has 0 bridgehead atoms. The normalized spacial score (nSPS) is 12.4. The van der Waals surface area contributed by atoms with Crippen molar-refractivity contribution in [1.82, 2.24) is 8.80 Å². The number of aromatic nitrogens is 2. The average Bonchev–Trinajstić information content (AvgIpc) is 2.94. The number of para-hydroxylation sites is 6. The number of benzene rings is 5. The monoisotopic (exact) mass is 500 g/mol. The second kappa shape index (κ2) is 6.69. The van der Waals surface area contributed by atoms with Crippen LogP contribution >= 0.6 is 22.7 Å². The first-order chi connectivity index (χ1) is 17.9. The van der Waals surface area contributed by atoms with E-state index in [4.69, 9.17) is 8.83 Å². The summed E-state index contributed by atoms with van der Waals surface area (Å²) < 4.78 is 22.8. The Hall–Kier alpha value is -4.26. The minimum atomic E-state index is 0.858. The Labute approximate surface area is 211 Å². The maximum atomic E-state index is 6.75. The highest BCUT2D eigenvalue weighted by molar-refractivity contribution is 7.27. The van der Waals surface area contributed by atoms with Gasteiger partial charge in [0.1, 0.15) is 20.4 Å². The Bertz CT molecular complexity index is 2060. The van der Waals surface area contributed by atoms with Crippen LogP contribution in [0.5, 0.6) is 0 Å². The van der Waals surface area contributed by atoms with E-state index in [0.717, 1.165) is 64.8 Å². The lowest BCUT2D eigenvalue weighted by atomic mass is 10.2. The highest BCUT2D eigenvalue weighted by Gasteiger charge is 2.23. The lowest BCUT2D eigenvalue weighted by molar-refractivity contribution is 0.653. The molecular formula is C30H16N2O2S2. The Balaban J connectivity index is 1.75. The first-order valence-electron chi connectivity index (χ1n) is 11.8. The van der Waals surface area contributed by atoms with Gasteiger partial charge in [0.05, 0.1) is 31.5 Å². The number of hydrogen-bond donors (Lipinski definition) is 0. The van der Waals surface area contributed by atoms with Crippen LogP contribution in [-0.2, 0) is 0 Å². The molecule has 0 aliphatic heterocycles. The van der Waals surface area contributed by atoms with Crippen LogP contribution in [0, 0.1) is 0 Å². The largest absolute Gasteiger partial charge is 0.451 e. The zero-order valence-electron chi connectivity index (χ0n) is 18.8. The topological polar surface area (TPSA) is 35.1 Å². The van der Waals surface area contributed by atoms with Gasteiger partial charge in [0.2, 0.25) is 0 Å². The Kier molecular flexibility index (Phi) is 3.53. The van der Waals surface area contributed by atoms with Crippen LogP contribution in [-0.4, -0.2) is 8.80 Å². The molecular weight excluding hydrogens is 484 g/mol. The summed E-state index contributed by atoms with van der Waals surface area (Å²) in [7, 11) is 0. The molecule has 4 nitrogen and oxygen atoms in total. The molecule has 9 aromatic rings. The van der Waals surface area contributed by atoms with Crippen molar-refractivity contribution in [2.45, 2.75) is 0 Å². The molecule has 0 unspecified atom stereocenters. The first kappa shape index (κ1) is 19.0. The van der Waals surface area contributed by atoms with Crippen molar-refractivity contribution in [2.24, 2.45) is 0 Å².